The molecule has 146 valence electrons. The van der Waals surface area contributed by atoms with Crippen molar-refractivity contribution in [3.8, 4) is 5.88 Å². The maximum atomic E-state index is 13.0. The highest BCUT2D eigenvalue weighted by molar-refractivity contribution is 6.02. The maximum Gasteiger partial charge on any atom is 0.288 e. The fourth-order valence-corrected chi connectivity index (χ4v) is 2.65. The summed E-state index contributed by atoms with van der Waals surface area (Å²) < 4.78 is 34.7. The van der Waals surface area contributed by atoms with Crippen LogP contribution in [0.3, 0.4) is 0 Å². The molecule has 0 radical (unpaired) electrons. The van der Waals surface area contributed by atoms with Crippen LogP contribution in [-0.2, 0) is 10.3 Å². The number of nitrogens with two attached hydrogens (primary N) is 1. The summed E-state index contributed by atoms with van der Waals surface area (Å²) in [4.78, 5) is 24.2. The summed E-state index contributed by atoms with van der Waals surface area (Å²) in [6.07, 6.45) is 3.85. The molecular weight excluding hydrogens is 372 g/mol. The summed E-state index contributed by atoms with van der Waals surface area (Å²) in [5, 5.41) is 2.68. The van der Waals surface area contributed by atoms with Gasteiger partial charge in [0.1, 0.15) is 23.7 Å². The van der Waals surface area contributed by atoms with Crippen molar-refractivity contribution in [3.63, 3.8) is 0 Å². The minimum Gasteiger partial charge on any atom is -0.445 e. The molecule has 3 rings (SSSR count). The number of hydrogen-bond acceptors (Lipinski definition) is 7. The molecule has 3 N–H and O–H groups in total. The first kappa shape index (κ1) is 19.2. The number of ether oxygens (including phenoxy) is 2. The average molecular weight is 389 g/mol. The van der Waals surface area contributed by atoms with Gasteiger partial charge in [-0.3, -0.25) is 4.79 Å². The standard InChI is InChI=1S/C18H17F2N5O3/c1-18(6-13(7-19)28-17(21)25-18)11-3-2-4-12(5-11)24-16(26)14-8-23-15(9-22-14)27-10-20/h2-6,8-9H,7,10H2,1H3,(H2,21,25)(H,24,26)/t18-/m0/s1. The second-order valence-corrected chi connectivity index (χ2v) is 5.97. The van der Waals surface area contributed by atoms with Crippen molar-refractivity contribution in [2.24, 2.45) is 10.7 Å². The number of rotatable bonds is 6. The SMILES string of the molecule is C[C@@]1(c2cccc(NC(=O)c3cnc(OCF)cn3)c2)C=C(CF)OC(N)=N1. The predicted molar refractivity (Wildman–Crippen MR) is 97.1 cm³/mol. The third kappa shape index (κ3) is 4.22. The Kier molecular flexibility index (Phi) is 5.48. The van der Waals surface area contributed by atoms with Gasteiger partial charge in [-0.15, -0.1) is 0 Å². The monoisotopic (exact) mass is 389 g/mol. The number of carbonyl (C=O) groups is 1. The van der Waals surface area contributed by atoms with Crippen molar-refractivity contribution in [3.05, 3.63) is 59.8 Å². The Morgan fingerprint density at radius 3 is 2.82 bits per heavy atom. The summed E-state index contributed by atoms with van der Waals surface area (Å²) in [6.45, 7) is -0.112. The van der Waals surface area contributed by atoms with E-state index >= 15 is 0 Å². The number of nitrogens with one attached hydrogen (secondary N) is 1. The van der Waals surface area contributed by atoms with Crippen molar-refractivity contribution in [2.45, 2.75) is 12.5 Å². The molecule has 2 aromatic rings. The zero-order valence-corrected chi connectivity index (χ0v) is 14.9. The van der Waals surface area contributed by atoms with Crippen molar-refractivity contribution in [1.82, 2.24) is 9.97 Å². The van der Waals surface area contributed by atoms with Crippen molar-refractivity contribution in [1.29, 1.82) is 0 Å². The Labute approximate surface area is 159 Å². The van der Waals surface area contributed by atoms with Crippen molar-refractivity contribution < 1.29 is 23.0 Å². The maximum absolute atomic E-state index is 13.0. The van der Waals surface area contributed by atoms with Gasteiger partial charge in [0.2, 0.25) is 12.7 Å². The van der Waals surface area contributed by atoms with Crippen LogP contribution >= 0.6 is 0 Å². The minimum atomic E-state index is -1.04. The van der Waals surface area contributed by atoms with E-state index in [1.807, 2.05) is 0 Å². The molecule has 1 atom stereocenters. The summed E-state index contributed by atoms with van der Waals surface area (Å²) in [7, 11) is 0. The molecule has 1 aliphatic heterocycles. The van der Waals surface area contributed by atoms with Gasteiger partial charge in [-0.2, -0.15) is 0 Å². The lowest BCUT2D eigenvalue weighted by Crippen LogP contribution is -2.30. The Morgan fingerprint density at radius 1 is 1.32 bits per heavy atom. The lowest BCUT2D eigenvalue weighted by Gasteiger charge is -2.27. The summed E-state index contributed by atoms with van der Waals surface area (Å²) in [5.41, 5.74) is 5.85. The highest BCUT2D eigenvalue weighted by Crippen LogP contribution is 2.33. The lowest BCUT2D eigenvalue weighted by molar-refractivity contribution is 0.102. The van der Waals surface area contributed by atoms with Crippen LogP contribution in [0.2, 0.25) is 0 Å². The molecule has 10 heteroatoms. The van der Waals surface area contributed by atoms with Gasteiger partial charge in [0.25, 0.3) is 11.9 Å². The summed E-state index contributed by atoms with van der Waals surface area (Å²) in [5.74, 6) is -0.480. The number of aromatic nitrogens is 2. The third-order valence-corrected chi connectivity index (χ3v) is 3.92. The molecule has 1 aromatic carbocycles. The summed E-state index contributed by atoms with van der Waals surface area (Å²) >= 11 is 0. The van der Waals surface area contributed by atoms with Gasteiger partial charge in [-0.1, -0.05) is 12.1 Å². The molecule has 0 bridgehead atoms. The van der Waals surface area contributed by atoms with Crippen LogP contribution in [0.1, 0.15) is 23.0 Å². The van der Waals surface area contributed by atoms with Gasteiger partial charge >= 0.3 is 0 Å². The van der Waals surface area contributed by atoms with Crippen molar-refractivity contribution in [2.75, 3.05) is 18.9 Å². The average Bonchev–Trinajstić information content (AvgIpc) is 2.68. The van der Waals surface area contributed by atoms with Gasteiger partial charge in [0.15, 0.2) is 0 Å². The predicted octanol–water partition coefficient (Wildman–Crippen LogP) is 2.45. The van der Waals surface area contributed by atoms with Crippen LogP contribution in [0.15, 0.2) is 53.5 Å². The number of nitrogens with zero attached hydrogens (tertiary/aromatic N) is 3. The molecule has 0 spiro atoms. The van der Waals surface area contributed by atoms with E-state index < -0.39 is 25.0 Å². The van der Waals surface area contributed by atoms with Crippen molar-refractivity contribution >= 4 is 17.6 Å². The second-order valence-electron chi connectivity index (χ2n) is 5.97. The van der Waals surface area contributed by atoms with Gasteiger partial charge in [0.05, 0.1) is 12.4 Å². The molecular formula is C18H17F2N5O3. The first-order chi connectivity index (χ1) is 13.4. The molecule has 0 aliphatic carbocycles. The van der Waals surface area contributed by atoms with Gasteiger partial charge in [0, 0.05) is 5.69 Å². The number of carbonyl (C=O) groups excluding carboxylic acids is 1. The molecule has 1 aliphatic rings. The van der Waals surface area contributed by atoms with Crippen LogP contribution in [-0.4, -0.2) is 35.4 Å². The number of aliphatic imine (C=N–C) groups is 1. The molecule has 2 heterocycles. The van der Waals surface area contributed by atoms with E-state index in [1.54, 1.807) is 31.2 Å². The molecule has 0 fully saturated rings. The van der Waals surface area contributed by atoms with E-state index in [-0.39, 0.29) is 23.4 Å². The first-order valence-electron chi connectivity index (χ1n) is 8.17. The lowest BCUT2D eigenvalue weighted by atomic mass is 9.91. The van der Waals surface area contributed by atoms with E-state index in [4.69, 9.17) is 10.5 Å². The van der Waals surface area contributed by atoms with E-state index in [2.05, 4.69) is 25.0 Å². The van der Waals surface area contributed by atoms with Gasteiger partial charge < -0.3 is 20.5 Å². The van der Waals surface area contributed by atoms with Gasteiger partial charge in [-0.05, 0) is 30.7 Å². The molecule has 0 saturated carbocycles. The normalized spacial score (nSPS) is 18.5. The zero-order chi connectivity index (χ0) is 20.1. The van der Waals surface area contributed by atoms with Crippen LogP contribution in [0.5, 0.6) is 5.88 Å². The number of hydrogen-bond donors (Lipinski definition) is 2. The molecule has 8 nitrogen and oxygen atoms in total. The number of amidine groups is 1. The molecule has 1 aromatic heterocycles. The van der Waals surface area contributed by atoms with E-state index in [0.29, 0.717) is 11.3 Å². The number of amides is 1. The second kappa shape index (κ2) is 7.99. The fourth-order valence-electron chi connectivity index (χ4n) is 2.65. The highest BCUT2D eigenvalue weighted by Gasteiger charge is 2.29. The topological polar surface area (TPSA) is 112 Å². The summed E-state index contributed by atoms with van der Waals surface area (Å²) in [6, 6.07) is 6.70. The van der Waals surface area contributed by atoms with Crippen LogP contribution in [0.4, 0.5) is 14.5 Å². The largest absolute Gasteiger partial charge is 0.445 e. The van der Waals surface area contributed by atoms with Crippen LogP contribution < -0.4 is 15.8 Å². The Balaban J connectivity index is 1.80. The first-order valence-corrected chi connectivity index (χ1v) is 8.17. The van der Waals surface area contributed by atoms with E-state index in [0.717, 1.165) is 6.20 Å². The Bertz CT molecular complexity index is 933. The zero-order valence-electron chi connectivity index (χ0n) is 14.9. The quantitative estimate of drug-likeness (QED) is 0.785. The van der Waals surface area contributed by atoms with E-state index in [1.165, 1.54) is 12.3 Å². The number of benzene rings is 1. The molecule has 0 saturated heterocycles. The number of alkyl halides is 2. The van der Waals surface area contributed by atoms with Gasteiger partial charge in [-0.25, -0.2) is 23.7 Å². The van der Waals surface area contributed by atoms with Crippen LogP contribution in [0.25, 0.3) is 0 Å². The smallest absolute Gasteiger partial charge is 0.288 e. The fraction of sp³-hybridized carbons (Fsp3) is 0.222. The Hall–Kier alpha value is -3.56. The van der Waals surface area contributed by atoms with Crippen LogP contribution in [0, 0.1) is 0 Å². The van der Waals surface area contributed by atoms with E-state index in [9.17, 15) is 13.6 Å². The Morgan fingerprint density at radius 2 is 2.14 bits per heavy atom. The minimum absolute atomic E-state index is 0.0239. The molecule has 1 amide bonds. The number of anilines is 1. The number of halogens is 2. The highest BCUT2D eigenvalue weighted by atomic mass is 19.1. The molecule has 0 unspecified atom stereocenters. The number of allylic oxidation sites excluding steroid dienone is 1. The third-order valence-electron chi connectivity index (χ3n) is 3.92. The molecule has 28 heavy (non-hydrogen) atoms.